The molecule has 112 valence electrons. The van der Waals surface area contributed by atoms with Crippen LogP contribution in [0.2, 0.25) is 5.02 Å². The summed E-state index contributed by atoms with van der Waals surface area (Å²) in [5, 5.41) is 0.633. The van der Waals surface area contributed by atoms with Crippen LogP contribution in [0.4, 0.5) is 0 Å². The molecule has 2 aromatic carbocycles. The van der Waals surface area contributed by atoms with Crippen molar-refractivity contribution in [2.45, 2.75) is 6.92 Å². The van der Waals surface area contributed by atoms with Crippen LogP contribution in [0.3, 0.4) is 0 Å². The van der Waals surface area contributed by atoms with Crippen molar-refractivity contribution in [3.05, 3.63) is 51.2 Å². The molecule has 0 aliphatic carbocycles. The number of aromatic nitrogens is 2. The number of aryl methyl sites for hydroxylation is 1. The molecule has 0 aliphatic rings. The van der Waals surface area contributed by atoms with Gasteiger partial charge in [0, 0.05) is 10.6 Å². The number of benzene rings is 2. The second-order valence-electron chi connectivity index (χ2n) is 4.92. The molecule has 3 rings (SSSR count). The molecular formula is C16H12BrClN2O2. The van der Waals surface area contributed by atoms with E-state index in [2.05, 4.69) is 25.9 Å². The zero-order valence-corrected chi connectivity index (χ0v) is 14.2. The normalized spacial score (nSPS) is 10.9. The van der Waals surface area contributed by atoms with Crippen LogP contribution in [0.25, 0.3) is 22.2 Å². The maximum Gasteiger partial charge on any atom is 0.340 e. The van der Waals surface area contributed by atoms with Crippen LogP contribution in [0, 0.1) is 6.92 Å². The fourth-order valence-corrected chi connectivity index (χ4v) is 3.10. The zero-order chi connectivity index (χ0) is 15.9. The highest BCUT2D eigenvalue weighted by atomic mass is 79.9. The van der Waals surface area contributed by atoms with E-state index in [1.54, 1.807) is 6.07 Å². The summed E-state index contributed by atoms with van der Waals surface area (Å²) in [5.41, 5.74) is 4.45. The van der Waals surface area contributed by atoms with Crippen molar-refractivity contribution in [3.8, 4) is 11.1 Å². The Balaban J connectivity index is 2.28. The maximum atomic E-state index is 12.0. The second kappa shape index (κ2) is 5.74. The van der Waals surface area contributed by atoms with Crippen molar-refractivity contribution in [3.63, 3.8) is 0 Å². The van der Waals surface area contributed by atoms with E-state index in [0.717, 1.165) is 22.2 Å². The number of rotatable bonds is 2. The van der Waals surface area contributed by atoms with E-state index in [0.29, 0.717) is 20.8 Å². The molecule has 22 heavy (non-hydrogen) atoms. The predicted molar refractivity (Wildman–Crippen MR) is 90.3 cm³/mol. The Morgan fingerprint density at radius 1 is 1.32 bits per heavy atom. The number of hydrogen-bond donors (Lipinski definition) is 1. The van der Waals surface area contributed by atoms with Crippen LogP contribution in [-0.2, 0) is 4.74 Å². The topological polar surface area (TPSA) is 55.0 Å². The lowest BCUT2D eigenvalue weighted by atomic mass is 10.0. The van der Waals surface area contributed by atoms with E-state index in [1.165, 1.54) is 7.11 Å². The van der Waals surface area contributed by atoms with Gasteiger partial charge in [-0.3, -0.25) is 0 Å². The van der Waals surface area contributed by atoms with Crippen LogP contribution in [0.1, 0.15) is 15.9 Å². The van der Waals surface area contributed by atoms with Gasteiger partial charge >= 0.3 is 5.97 Å². The first-order valence-electron chi connectivity index (χ1n) is 6.53. The summed E-state index contributed by atoms with van der Waals surface area (Å²) in [6, 6.07) is 9.47. The molecule has 0 radical (unpaired) electrons. The number of carbonyl (C=O) groups is 1. The van der Waals surface area contributed by atoms with Gasteiger partial charge in [-0.15, -0.1) is 0 Å². The fraction of sp³-hybridized carbons (Fsp3) is 0.125. The summed E-state index contributed by atoms with van der Waals surface area (Å²) in [4.78, 5) is 19.4. The molecule has 0 unspecified atom stereocenters. The Hall–Kier alpha value is -1.85. The van der Waals surface area contributed by atoms with Crippen molar-refractivity contribution in [1.29, 1.82) is 0 Å². The van der Waals surface area contributed by atoms with Crippen LogP contribution in [-0.4, -0.2) is 23.0 Å². The van der Waals surface area contributed by atoms with Gasteiger partial charge in [-0.1, -0.05) is 23.7 Å². The molecule has 1 N–H and O–H groups in total. The monoisotopic (exact) mass is 378 g/mol. The number of halogens is 2. The number of ether oxygens (including phenoxy) is 1. The molecule has 0 spiro atoms. The summed E-state index contributed by atoms with van der Waals surface area (Å²) in [5.74, 6) is -0.436. The van der Waals surface area contributed by atoms with Crippen LogP contribution in [0.5, 0.6) is 0 Å². The van der Waals surface area contributed by atoms with Crippen LogP contribution in [0.15, 0.2) is 35.1 Å². The van der Waals surface area contributed by atoms with Gasteiger partial charge in [0.15, 0.2) is 4.73 Å². The van der Waals surface area contributed by atoms with Crippen molar-refractivity contribution in [2.75, 3.05) is 7.11 Å². The molecule has 4 nitrogen and oxygen atoms in total. The average Bonchev–Trinajstić information content (AvgIpc) is 2.85. The quantitative estimate of drug-likeness (QED) is 0.654. The Morgan fingerprint density at radius 3 is 2.77 bits per heavy atom. The van der Waals surface area contributed by atoms with Gasteiger partial charge in [0.2, 0.25) is 0 Å². The van der Waals surface area contributed by atoms with E-state index in [-0.39, 0.29) is 0 Å². The molecule has 0 amide bonds. The zero-order valence-electron chi connectivity index (χ0n) is 11.9. The van der Waals surface area contributed by atoms with Gasteiger partial charge in [-0.25, -0.2) is 9.78 Å². The smallest absolute Gasteiger partial charge is 0.340 e. The number of H-pyrrole nitrogens is 1. The summed E-state index contributed by atoms with van der Waals surface area (Å²) < 4.78 is 5.41. The summed E-state index contributed by atoms with van der Waals surface area (Å²) in [6.45, 7) is 1.98. The Morgan fingerprint density at radius 2 is 2.09 bits per heavy atom. The number of aromatic amines is 1. The van der Waals surface area contributed by atoms with Crippen molar-refractivity contribution < 1.29 is 9.53 Å². The van der Waals surface area contributed by atoms with E-state index in [4.69, 9.17) is 16.3 Å². The van der Waals surface area contributed by atoms with Gasteiger partial charge in [0.25, 0.3) is 0 Å². The summed E-state index contributed by atoms with van der Waals surface area (Å²) >= 11 is 9.62. The third kappa shape index (κ3) is 2.62. The van der Waals surface area contributed by atoms with E-state index < -0.39 is 5.97 Å². The Bertz CT molecular complexity index is 889. The molecule has 0 atom stereocenters. The number of fused-ring (bicyclic) bond motifs is 1. The first-order valence-corrected chi connectivity index (χ1v) is 7.71. The molecule has 0 saturated heterocycles. The molecule has 0 aliphatic heterocycles. The average molecular weight is 380 g/mol. The summed E-state index contributed by atoms with van der Waals surface area (Å²) in [6.07, 6.45) is 0. The highest BCUT2D eigenvalue weighted by molar-refractivity contribution is 9.10. The number of nitrogens with one attached hydrogen (secondary N) is 1. The van der Waals surface area contributed by atoms with Gasteiger partial charge in [-0.05, 0) is 52.2 Å². The maximum absolute atomic E-state index is 12.0. The number of nitrogens with zero attached hydrogens (tertiary/aromatic N) is 1. The summed E-state index contributed by atoms with van der Waals surface area (Å²) in [7, 11) is 1.35. The third-order valence-electron chi connectivity index (χ3n) is 3.40. The molecule has 0 saturated carbocycles. The minimum Gasteiger partial charge on any atom is -0.465 e. The number of carbonyl (C=O) groups excluding carboxylic acids is 1. The number of esters is 1. The Labute approximate surface area is 140 Å². The molecule has 3 aromatic rings. The number of imidazole rings is 1. The lowest BCUT2D eigenvalue weighted by Crippen LogP contribution is -2.02. The minimum absolute atomic E-state index is 0.397. The minimum atomic E-state index is -0.436. The van der Waals surface area contributed by atoms with Gasteiger partial charge in [0.1, 0.15) is 5.52 Å². The second-order valence-corrected chi connectivity index (χ2v) is 6.08. The van der Waals surface area contributed by atoms with E-state index >= 15 is 0 Å². The number of hydrogen-bond acceptors (Lipinski definition) is 3. The van der Waals surface area contributed by atoms with Gasteiger partial charge in [0.05, 0.1) is 18.2 Å². The van der Waals surface area contributed by atoms with E-state index in [1.807, 2.05) is 31.2 Å². The lowest BCUT2D eigenvalue weighted by Gasteiger charge is -2.08. The molecule has 0 fully saturated rings. The SMILES string of the molecule is COC(=O)c1cc(-c2ccc(C)cc2Cl)cc2[nH]c(Br)nc12. The first-order chi connectivity index (χ1) is 10.5. The van der Waals surface area contributed by atoms with Crippen LogP contribution < -0.4 is 0 Å². The van der Waals surface area contributed by atoms with Crippen molar-refractivity contribution in [2.24, 2.45) is 0 Å². The van der Waals surface area contributed by atoms with E-state index in [9.17, 15) is 4.79 Å². The first kappa shape index (κ1) is 15.1. The molecular weight excluding hydrogens is 368 g/mol. The Kier molecular flexibility index (Phi) is 3.93. The fourth-order valence-electron chi connectivity index (χ4n) is 2.36. The van der Waals surface area contributed by atoms with Crippen molar-refractivity contribution >= 4 is 44.5 Å². The molecule has 1 aromatic heterocycles. The van der Waals surface area contributed by atoms with Crippen molar-refractivity contribution in [1.82, 2.24) is 9.97 Å². The highest BCUT2D eigenvalue weighted by Gasteiger charge is 2.17. The predicted octanol–water partition coefficient (Wildman–Crippen LogP) is 4.74. The van der Waals surface area contributed by atoms with Gasteiger partial charge < -0.3 is 9.72 Å². The number of methoxy groups -OCH3 is 1. The third-order valence-corrected chi connectivity index (χ3v) is 4.09. The lowest BCUT2D eigenvalue weighted by molar-refractivity contribution is 0.0603. The highest BCUT2D eigenvalue weighted by Crippen LogP contribution is 2.33. The molecule has 6 heteroatoms. The van der Waals surface area contributed by atoms with Crippen LogP contribution >= 0.6 is 27.5 Å². The standard InChI is InChI=1S/C16H12BrClN2O2/c1-8-3-4-10(12(18)5-8)9-6-11(15(21)22-2)14-13(7-9)19-16(17)20-14/h3-7H,1-2H3,(H,19,20). The molecule has 1 heterocycles. The largest absolute Gasteiger partial charge is 0.465 e. The molecule has 0 bridgehead atoms. The van der Waals surface area contributed by atoms with Gasteiger partial charge in [-0.2, -0.15) is 0 Å².